The van der Waals surface area contributed by atoms with Crippen molar-refractivity contribution in [1.82, 2.24) is 4.98 Å². The Morgan fingerprint density at radius 1 is 1.69 bits per heavy atom. The summed E-state index contributed by atoms with van der Waals surface area (Å²) in [5.41, 5.74) is 6.76. The third-order valence-electron chi connectivity index (χ3n) is 1.64. The average molecular weight is 175 g/mol. The van der Waals surface area contributed by atoms with E-state index in [1.165, 1.54) is 6.20 Å². The highest BCUT2D eigenvalue weighted by atomic mass is 16.1. The maximum Gasteiger partial charge on any atom is 0.151 e. The van der Waals surface area contributed by atoms with E-state index in [0.29, 0.717) is 17.5 Å². The van der Waals surface area contributed by atoms with Crippen molar-refractivity contribution in [3.63, 3.8) is 0 Å². The van der Waals surface area contributed by atoms with E-state index in [1.54, 1.807) is 12.1 Å². The minimum absolute atomic E-state index is 0.230. The molecule has 0 fully saturated rings. The largest absolute Gasteiger partial charge is 0.322 e. The number of aromatic nitrogens is 1. The summed E-state index contributed by atoms with van der Waals surface area (Å²) in [6.07, 6.45) is 2.39. The minimum Gasteiger partial charge on any atom is -0.322 e. The Morgan fingerprint density at radius 2 is 2.46 bits per heavy atom. The Bertz CT molecular complexity index is 326. The number of carbonyl (C=O) groups is 1. The lowest BCUT2D eigenvalue weighted by Gasteiger charge is -2.05. The average Bonchev–Trinajstić information content (AvgIpc) is 2.18. The van der Waals surface area contributed by atoms with Gasteiger partial charge in [-0.05, 0) is 12.1 Å². The molecule has 4 nitrogen and oxygen atoms in total. The number of carbonyl (C=O) groups excluding carboxylic acids is 1. The van der Waals surface area contributed by atoms with E-state index >= 15 is 0 Å². The lowest BCUT2D eigenvalue weighted by atomic mass is 10.1. The van der Waals surface area contributed by atoms with Crippen LogP contribution in [0, 0.1) is 11.3 Å². The van der Waals surface area contributed by atoms with Crippen molar-refractivity contribution in [2.75, 3.05) is 0 Å². The second-order valence-electron chi connectivity index (χ2n) is 2.60. The van der Waals surface area contributed by atoms with Gasteiger partial charge < -0.3 is 5.73 Å². The summed E-state index contributed by atoms with van der Waals surface area (Å²) in [5, 5.41) is 8.38. The molecule has 1 rings (SSSR count). The maximum atomic E-state index is 10.3. The molecule has 0 aliphatic carbocycles. The van der Waals surface area contributed by atoms with Crippen LogP contribution in [0.1, 0.15) is 28.5 Å². The Morgan fingerprint density at radius 3 is 2.92 bits per heavy atom. The summed E-state index contributed by atoms with van der Waals surface area (Å²) in [6.45, 7) is 0. The van der Waals surface area contributed by atoms with Gasteiger partial charge in [-0.3, -0.25) is 9.78 Å². The monoisotopic (exact) mass is 175 g/mol. The van der Waals surface area contributed by atoms with Crippen LogP contribution in [-0.4, -0.2) is 11.3 Å². The number of nitriles is 1. The third kappa shape index (κ3) is 2.36. The number of rotatable bonds is 3. The lowest BCUT2D eigenvalue weighted by Crippen LogP contribution is -2.11. The molecular weight excluding hydrogens is 166 g/mol. The zero-order chi connectivity index (χ0) is 9.68. The van der Waals surface area contributed by atoms with Gasteiger partial charge in [-0.2, -0.15) is 5.26 Å². The molecule has 1 aromatic rings. The predicted octanol–water partition coefficient (Wildman–Crippen LogP) is 0.808. The summed E-state index contributed by atoms with van der Waals surface area (Å²) < 4.78 is 0. The number of pyridine rings is 1. The van der Waals surface area contributed by atoms with Crippen LogP contribution in [0.3, 0.4) is 0 Å². The molecule has 0 aromatic carbocycles. The van der Waals surface area contributed by atoms with Crippen molar-refractivity contribution >= 4 is 6.29 Å². The van der Waals surface area contributed by atoms with Gasteiger partial charge in [0.25, 0.3) is 0 Å². The fourth-order valence-corrected chi connectivity index (χ4v) is 0.909. The first-order valence-corrected chi connectivity index (χ1v) is 3.81. The summed E-state index contributed by atoms with van der Waals surface area (Å²) >= 11 is 0. The molecule has 0 bridgehead atoms. The molecule has 1 heterocycles. The number of nitrogens with two attached hydrogens (primary N) is 1. The predicted molar refractivity (Wildman–Crippen MR) is 46.8 cm³/mol. The summed E-state index contributed by atoms with van der Waals surface area (Å²) in [7, 11) is 0. The second-order valence-corrected chi connectivity index (χ2v) is 2.60. The summed E-state index contributed by atoms with van der Waals surface area (Å²) in [4.78, 5) is 14.3. The van der Waals surface area contributed by atoms with Crippen LogP contribution in [0.15, 0.2) is 18.3 Å². The number of aldehydes is 1. The van der Waals surface area contributed by atoms with Gasteiger partial charge in [0.05, 0.1) is 24.2 Å². The lowest BCUT2D eigenvalue weighted by molar-refractivity contribution is 0.112. The molecule has 0 radical (unpaired) electrons. The van der Waals surface area contributed by atoms with Crippen molar-refractivity contribution < 1.29 is 4.79 Å². The van der Waals surface area contributed by atoms with Crippen LogP contribution in [0.25, 0.3) is 0 Å². The number of hydrogen-bond donors (Lipinski definition) is 1. The highest BCUT2D eigenvalue weighted by Crippen LogP contribution is 2.09. The zero-order valence-corrected chi connectivity index (χ0v) is 6.97. The molecule has 0 spiro atoms. The number of nitrogens with zero attached hydrogens (tertiary/aromatic N) is 2. The fraction of sp³-hybridized carbons (Fsp3) is 0.222. The van der Waals surface area contributed by atoms with E-state index in [9.17, 15) is 4.79 Å². The third-order valence-corrected chi connectivity index (χ3v) is 1.64. The first kappa shape index (κ1) is 9.36. The molecular formula is C9H9N3O. The molecule has 0 amide bonds. The molecule has 66 valence electrons. The van der Waals surface area contributed by atoms with Crippen molar-refractivity contribution in [2.45, 2.75) is 12.5 Å². The van der Waals surface area contributed by atoms with Crippen LogP contribution in [-0.2, 0) is 0 Å². The van der Waals surface area contributed by atoms with E-state index in [1.807, 2.05) is 6.07 Å². The van der Waals surface area contributed by atoms with E-state index < -0.39 is 0 Å². The van der Waals surface area contributed by atoms with Crippen LogP contribution in [0.4, 0.5) is 0 Å². The molecule has 0 saturated heterocycles. The van der Waals surface area contributed by atoms with Crippen LogP contribution < -0.4 is 5.73 Å². The summed E-state index contributed by atoms with van der Waals surface area (Å²) in [6, 6.07) is 4.88. The summed E-state index contributed by atoms with van der Waals surface area (Å²) in [5.74, 6) is 0. The van der Waals surface area contributed by atoms with Gasteiger partial charge in [0.15, 0.2) is 6.29 Å². The highest BCUT2D eigenvalue weighted by molar-refractivity contribution is 5.73. The van der Waals surface area contributed by atoms with Gasteiger partial charge in [-0.25, -0.2) is 0 Å². The molecule has 2 N–H and O–H groups in total. The van der Waals surface area contributed by atoms with E-state index in [2.05, 4.69) is 4.98 Å². The Labute approximate surface area is 76.0 Å². The van der Waals surface area contributed by atoms with E-state index in [0.717, 1.165) is 0 Å². The second kappa shape index (κ2) is 4.33. The molecule has 1 atom stereocenters. The Hall–Kier alpha value is -1.73. The smallest absolute Gasteiger partial charge is 0.151 e. The maximum absolute atomic E-state index is 10.3. The van der Waals surface area contributed by atoms with Gasteiger partial charge in [-0.15, -0.1) is 0 Å². The standard InChI is InChI=1S/C9H9N3O/c10-4-3-8(11)9-2-1-7(6-13)5-12-9/h1-2,5-6,8H,3,11H2/t8-/m1/s1. The van der Waals surface area contributed by atoms with Gasteiger partial charge in [0.2, 0.25) is 0 Å². The topological polar surface area (TPSA) is 79.8 Å². The molecule has 0 aliphatic rings. The molecule has 4 heteroatoms. The normalized spacial score (nSPS) is 11.7. The molecule has 13 heavy (non-hydrogen) atoms. The molecule has 0 unspecified atom stereocenters. The van der Waals surface area contributed by atoms with Gasteiger partial charge in [0, 0.05) is 11.8 Å². The van der Waals surface area contributed by atoms with Crippen molar-refractivity contribution in [3.8, 4) is 6.07 Å². The quantitative estimate of drug-likeness (QED) is 0.689. The van der Waals surface area contributed by atoms with Crippen LogP contribution in [0.2, 0.25) is 0 Å². The fourth-order valence-electron chi connectivity index (χ4n) is 0.909. The van der Waals surface area contributed by atoms with Crippen molar-refractivity contribution in [1.29, 1.82) is 5.26 Å². The van der Waals surface area contributed by atoms with Gasteiger partial charge in [-0.1, -0.05) is 0 Å². The van der Waals surface area contributed by atoms with E-state index in [-0.39, 0.29) is 12.5 Å². The van der Waals surface area contributed by atoms with Crippen molar-refractivity contribution in [2.24, 2.45) is 5.73 Å². The van der Waals surface area contributed by atoms with E-state index in [4.69, 9.17) is 11.0 Å². The first-order valence-electron chi connectivity index (χ1n) is 3.81. The Balaban J connectivity index is 2.80. The molecule has 1 aromatic heterocycles. The first-order chi connectivity index (χ1) is 6.27. The van der Waals surface area contributed by atoms with Crippen LogP contribution >= 0.6 is 0 Å². The van der Waals surface area contributed by atoms with Crippen molar-refractivity contribution in [3.05, 3.63) is 29.6 Å². The SMILES string of the molecule is N#CC[C@@H](N)c1ccc(C=O)cn1. The number of hydrogen-bond acceptors (Lipinski definition) is 4. The van der Waals surface area contributed by atoms with Gasteiger partial charge >= 0.3 is 0 Å². The van der Waals surface area contributed by atoms with Gasteiger partial charge in [0.1, 0.15) is 0 Å². The van der Waals surface area contributed by atoms with Crippen LogP contribution in [0.5, 0.6) is 0 Å². The molecule has 0 saturated carbocycles. The molecule has 0 aliphatic heterocycles. The Kier molecular flexibility index (Phi) is 3.12. The zero-order valence-electron chi connectivity index (χ0n) is 6.97. The highest BCUT2D eigenvalue weighted by Gasteiger charge is 2.05. The minimum atomic E-state index is -0.370.